The van der Waals surface area contributed by atoms with Crippen LogP contribution < -0.4 is 5.73 Å². The van der Waals surface area contributed by atoms with Gasteiger partial charge in [0.2, 0.25) is 0 Å². The number of benzene rings is 1. The summed E-state index contributed by atoms with van der Waals surface area (Å²) in [5, 5.41) is 15.1. The van der Waals surface area contributed by atoms with Gasteiger partial charge in [-0.2, -0.15) is 5.10 Å². The maximum absolute atomic E-state index is 13.5. The molecule has 0 aliphatic rings. The van der Waals surface area contributed by atoms with Gasteiger partial charge in [-0.15, -0.1) is 0 Å². The number of phenols is 1. The van der Waals surface area contributed by atoms with E-state index >= 15 is 0 Å². The van der Waals surface area contributed by atoms with Gasteiger partial charge in [-0.05, 0) is 12.1 Å². The molecule has 110 valence electrons. The summed E-state index contributed by atoms with van der Waals surface area (Å²) in [4.78, 5) is 11.3. The minimum absolute atomic E-state index is 0.320. The predicted molar refractivity (Wildman–Crippen MR) is 79.6 cm³/mol. The summed E-state index contributed by atoms with van der Waals surface area (Å²) in [5.74, 6) is -0.762. The van der Waals surface area contributed by atoms with Crippen LogP contribution in [-0.2, 0) is 7.05 Å². The summed E-state index contributed by atoms with van der Waals surface area (Å²) in [6, 6.07) is 4.33. The summed E-state index contributed by atoms with van der Waals surface area (Å²) in [5.41, 5.74) is 8.36. The summed E-state index contributed by atoms with van der Waals surface area (Å²) < 4.78 is 15.1. The Labute approximate surface area is 123 Å². The number of nitrogens with one attached hydrogen (secondary N) is 1. The van der Waals surface area contributed by atoms with Crippen LogP contribution in [0.5, 0.6) is 5.75 Å². The summed E-state index contributed by atoms with van der Waals surface area (Å²) in [7, 11) is 1.76. The molecular formula is C14H11FN6O. The fourth-order valence-electron chi connectivity index (χ4n) is 2.57. The first-order valence-electron chi connectivity index (χ1n) is 6.49. The van der Waals surface area contributed by atoms with Crippen molar-refractivity contribution < 1.29 is 9.50 Å². The molecule has 0 fully saturated rings. The van der Waals surface area contributed by atoms with Gasteiger partial charge in [-0.25, -0.2) is 19.0 Å². The second kappa shape index (κ2) is 4.17. The minimum Gasteiger partial charge on any atom is -0.505 e. The molecule has 0 saturated heterocycles. The number of rotatable bonds is 1. The Kier molecular flexibility index (Phi) is 2.38. The molecule has 0 saturated carbocycles. The van der Waals surface area contributed by atoms with Crippen LogP contribution in [0.2, 0.25) is 0 Å². The van der Waals surface area contributed by atoms with E-state index in [1.165, 1.54) is 18.5 Å². The number of aromatic amines is 1. The summed E-state index contributed by atoms with van der Waals surface area (Å²) >= 11 is 0. The molecule has 0 aliphatic carbocycles. The van der Waals surface area contributed by atoms with Crippen molar-refractivity contribution in [1.82, 2.24) is 24.7 Å². The topological polar surface area (TPSA) is 106 Å². The van der Waals surface area contributed by atoms with E-state index in [1.54, 1.807) is 17.8 Å². The molecule has 1 aromatic carbocycles. The highest BCUT2D eigenvalue weighted by Crippen LogP contribution is 2.32. The molecule has 0 radical (unpaired) electrons. The number of nitrogens with two attached hydrogens (primary N) is 1. The molecule has 3 aromatic heterocycles. The number of hydrogen-bond donors (Lipinski definition) is 3. The molecule has 8 heteroatoms. The molecule has 0 atom stereocenters. The predicted octanol–water partition coefficient (Wildman–Crippen LogP) is 1.94. The fraction of sp³-hybridized carbons (Fsp3) is 0.0714. The van der Waals surface area contributed by atoms with Gasteiger partial charge in [0.1, 0.15) is 17.8 Å². The Morgan fingerprint density at radius 2 is 2.09 bits per heavy atom. The molecule has 7 nitrogen and oxygen atoms in total. The van der Waals surface area contributed by atoms with Gasteiger partial charge < -0.3 is 15.8 Å². The smallest absolute Gasteiger partial charge is 0.165 e. The average molecular weight is 298 g/mol. The zero-order chi connectivity index (χ0) is 15.4. The lowest BCUT2D eigenvalue weighted by Crippen LogP contribution is -1.95. The number of aromatic hydroxyl groups is 1. The van der Waals surface area contributed by atoms with E-state index in [1.807, 2.05) is 0 Å². The Morgan fingerprint density at radius 1 is 1.27 bits per heavy atom. The molecular weight excluding hydrogens is 287 g/mol. The lowest BCUT2D eigenvalue weighted by Gasteiger charge is -1.96. The van der Waals surface area contributed by atoms with Crippen LogP contribution in [0.15, 0.2) is 24.5 Å². The van der Waals surface area contributed by atoms with Gasteiger partial charge in [0, 0.05) is 24.0 Å². The van der Waals surface area contributed by atoms with Crippen molar-refractivity contribution >= 4 is 27.8 Å². The number of anilines is 1. The first-order chi connectivity index (χ1) is 10.5. The number of hydrogen-bond acceptors (Lipinski definition) is 5. The van der Waals surface area contributed by atoms with Gasteiger partial charge in [0.15, 0.2) is 17.2 Å². The van der Waals surface area contributed by atoms with Crippen LogP contribution in [0, 0.1) is 5.82 Å². The fourth-order valence-corrected chi connectivity index (χ4v) is 2.57. The Balaban J connectivity index is 2.03. The van der Waals surface area contributed by atoms with Crippen LogP contribution in [0.25, 0.3) is 33.3 Å². The van der Waals surface area contributed by atoms with Crippen molar-refractivity contribution in [1.29, 1.82) is 0 Å². The lowest BCUT2D eigenvalue weighted by molar-refractivity contribution is 0.433. The number of aryl methyl sites for hydroxylation is 1. The van der Waals surface area contributed by atoms with Crippen molar-refractivity contribution in [3.8, 4) is 17.1 Å². The molecule has 0 amide bonds. The van der Waals surface area contributed by atoms with E-state index in [0.29, 0.717) is 39.1 Å². The van der Waals surface area contributed by atoms with E-state index in [9.17, 15) is 9.50 Å². The Hall–Kier alpha value is -3.16. The molecule has 0 spiro atoms. The SMILES string of the molecule is Cn1nc(-c2cc3cc(F)c(O)cc3[nH]2)c2c(N)ncnc21. The van der Waals surface area contributed by atoms with Gasteiger partial charge >= 0.3 is 0 Å². The third-order valence-corrected chi connectivity index (χ3v) is 3.59. The van der Waals surface area contributed by atoms with E-state index < -0.39 is 11.6 Å². The average Bonchev–Trinajstić information content (AvgIpc) is 3.02. The van der Waals surface area contributed by atoms with E-state index in [2.05, 4.69) is 20.1 Å². The molecule has 0 unspecified atom stereocenters. The van der Waals surface area contributed by atoms with E-state index in [0.717, 1.165) is 0 Å². The highest BCUT2D eigenvalue weighted by molar-refractivity contribution is 5.99. The zero-order valence-corrected chi connectivity index (χ0v) is 11.5. The summed E-state index contributed by atoms with van der Waals surface area (Å²) in [6.07, 6.45) is 1.38. The second-order valence-corrected chi connectivity index (χ2v) is 5.00. The van der Waals surface area contributed by atoms with Gasteiger partial charge in [0.05, 0.1) is 11.1 Å². The van der Waals surface area contributed by atoms with E-state index in [4.69, 9.17) is 5.73 Å². The number of H-pyrrole nitrogens is 1. The quantitative estimate of drug-likeness (QED) is 0.498. The largest absolute Gasteiger partial charge is 0.505 e. The molecule has 0 bridgehead atoms. The monoisotopic (exact) mass is 298 g/mol. The lowest BCUT2D eigenvalue weighted by atomic mass is 10.2. The van der Waals surface area contributed by atoms with Crippen molar-refractivity contribution in [2.24, 2.45) is 7.05 Å². The number of phenolic OH excluding ortho intramolecular Hbond substituents is 1. The highest BCUT2D eigenvalue weighted by Gasteiger charge is 2.17. The number of aromatic nitrogens is 5. The molecule has 4 aromatic rings. The number of nitrogen functional groups attached to an aromatic ring is 1. The molecule has 0 aliphatic heterocycles. The number of halogens is 1. The van der Waals surface area contributed by atoms with Crippen LogP contribution in [0.1, 0.15) is 0 Å². The van der Waals surface area contributed by atoms with Gasteiger partial charge in [-0.1, -0.05) is 0 Å². The highest BCUT2D eigenvalue weighted by atomic mass is 19.1. The van der Waals surface area contributed by atoms with Crippen molar-refractivity contribution in [2.75, 3.05) is 5.73 Å². The molecule has 22 heavy (non-hydrogen) atoms. The molecule has 3 heterocycles. The van der Waals surface area contributed by atoms with Crippen LogP contribution >= 0.6 is 0 Å². The van der Waals surface area contributed by atoms with Crippen LogP contribution in [-0.4, -0.2) is 29.8 Å². The standard InChI is InChI=1S/C14H11FN6O/c1-21-14-11(13(16)17-5-18-14)12(20-21)9-3-6-2-7(15)10(22)4-8(6)19-9/h2-5,19,22H,1H3,(H2,16,17,18). The second-order valence-electron chi connectivity index (χ2n) is 5.00. The van der Waals surface area contributed by atoms with E-state index in [-0.39, 0.29) is 0 Å². The van der Waals surface area contributed by atoms with Crippen LogP contribution in [0.3, 0.4) is 0 Å². The van der Waals surface area contributed by atoms with Gasteiger partial charge in [0.25, 0.3) is 0 Å². The normalized spacial score (nSPS) is 11.5. The Morgan fingerprint density at radius 3 is 2.91 bits per heavy atom. The molecule has 4 N–H and O–H groups in total. The molecule has 4 rings (SSSR count). The zero-order valence-electron chi connectivity index (χ0n) is 11.5. The third kappa shape index (κ3) is 1.63. The third-order valence-electron chi connectivity index (χ3n) is 3.59. The first-order valence-corrected chi connectivity index (χ1v) is 6.49. The van der Waals surface area contributed by atoms with Crippen LogP contribution in [0.4, 0.5) is 10.2 Å². The number of nitrogens with zero attached hydrogens (tertiary/aromatic N) is 4. The minimum atomic E-state index is -0.674. The van der Waals surface area contributed by atoms with Gasteiger partial charge in [-0.3, -0.25) is 0 Å². The first kappa shape index (κ1) is 12.6. The maximum Gasteiger partial charge on any atom is 0.165 e. The van der Waals surface area contributed by atoms with Crippen molar-refractivity contribution in [2.45, 2.75) is 0 Å². The maximum atomic E-state index is 13.5. The van der Waals surface area contributed by atoms with Crippen molar-refractivity contribution in [3.05, 3.63) is 30.3 Å². The summed E-state index contributed by atoms with van der Waals surface area (Å²) in [6.45, 7) is 0. The number of fused-ring (bicyclic) bond motifs is 2. The Bertz CT molecular complexity index is 996. The van der Waals surface area contributed by atoms with Crippen molar-refractivity contribution in [3.63, 3.8) is 0 Å².